The Kier molecular flexibility index (Phi) is 4.88. The molecule has 2 amide bonds. The number of halogens is 1. The van der Waals surface area contributed by atoms with Gasteiger partial charge in [0.05, 0.1) is 17.9 Å². The van der Waals surface area contributed by atoms with Gasteiger partial charge in [-0.25, -0.2) is 0 Å². The third kappa shape index (κ3) is 3.16. The molecule has 0 aromatic heterocycles. The highest BCUT2D eigenvalue weighted by atomic mass is 35.5. The van der Waals surface area contributed by atoms with E-state index in [0.717, 1.165) is 11.3 Å². The van der Waals surface area contributed by atoms with Gasteiger partial charge in [-0.15, -0.1) is 0 Å². The van der Waals surface area contributed by atoms with Crippen LogP contribution in [0.4, 0.5) is 11.4 Å². The summed E-state index contributed by atoms with van der Waals surface area (Å²) in [7, 11) is 0. The van der Waals surface area contributed by atoms with Crippen LogP contribution in [0.3, 0.4) is 0 Å². The normalized spacial score (nSPS) is 16.1. The molecule has 0 bridgehead atoms. The number of carbonyl (C=O) groups excluding carboxylic acids is 2. The van der Waals surface area contributed by atoms with E-state index in [9.17, 15) is 9.59 Å². The average Bonchev–Trinajstić information content (AvgIpc) is 2.73. The second-order valence-corrected chi connectivity index (χ2v) is 7.13. The van der Waals surface area contributed by atoms with Crippen molar-refractivity contribution in [3.05, 3.63) is 95.0 Å². The van der Waals surface area contributed by atoms with Gasteiger partial charge in [0.2, 0.25) is 5.91 Å². The van der Waals surface area contributed by atoms with Gasteiger partial charge in [-0.1, -0.05) is 60.1 Å². The molecule has 0 aliphatic carbocycles. The molecule has 140 valence electrons. The minimum absolute atomic E-state index is 0.136. The van der Waals surface area contributed by atoms with Gasteiger partial charge in [0, 0.05) is 10.6 Å². The van der Waals surface area contributed by atoms with E-state index in [0.29, 0.717) is 22.8 Å². The number of hydrogen-bond acceptors (Lipinski definition) is 2. The van der Waals surface area contributed by atoms with Crippen LogP contribution in [0, 0.1) is 0 Å². The molecule has 1 aliphatic rings. The second kappa shape index (κ2) is 7.49. The van der Waals surface area contributed by atoms with E-state index in [4.69, 9.17) is 11.6 Å². The fourth-order valence-electron chi connectivity index (χ4n) is 3.52. The summed E-state index contributed by atoms with van der Waals surface area (Å²) in [4.78, 5) is 29.7. The summed E-state index contributed by atoms with van der Waals surface area (Å²) >= 11 is 6.31. The molecule has 3 aromatic carbocycles. The predicted molar refractivity (Wildman–Crippen MR) is 112 cm³/mol. The number of carbonyl (C=O) groups is 2. The molecular weight excluding hydrogens is 372 g/mol. The Balaban J connectivity index is 1.77. The first-order chi connectivity index (χ1) is 13.6. The number of para-hydroxylation sites is 2. The third-order valence-corrected chi connectivity index (χ3v) is 5.34. The maximum atomic E-state index is 13.2. The van der Waals surface area contributed by atoms with E-state index >= 15 is 0 Å². The second-order valence-electron chi connectivity index (χ2n) is 6.72. The summed E-state index contributed by atoms with van der Waals surface area (Å²) in [6.07, 6.45) is 0. The molecule has 0 radical (unpaired) electrons. The number of anilines is 2. The quantitative estimate of drug-likeness (QED) is 0.636. The van der Waals surface area contributed by atoms with Crippen LogP contribution in [0.5, 0.6) is 0 Å². The monoisotopic (exact) mass is 390 g/mol. The van der Waals surface area contributed by atoms with Crippen LogP contribution in [-0.4, -0.2) is 17.9 Å². The lowest BCUT2D eigenvalue weighted by molar-refractivity contribution is -0.119. The zero-order chi connectivity index (χ0) is 19.7. The molecule has 1 atom stereocenters. The summed E-state index contributed by atoms with van der Waals surface area (Å²) in [5, 5.41) is 0.614. The molecule has 0 fully saturated rings. The van der Waals surface area contributed by atoms with Crippen LogP contribution in [-0.2, 0) is 11.3 Å². The number of amides is 2. The molecule has 5 heteroatoms. The van der Waals surface area contributed by atoms with Crippen molar-refractivity contribution in [2.24, 2.45) is 0 Å². The molecule has 4 nitrogen and oxygen atoms in total. The maximum absolute atomic E-state index is 13.2. The summed E-state index contributed by atoms with van der Waals surface area (Å²) in [5.74, 6) is -0.325. The van der Waals surface area contributed by atoms with E-state index in [1.807, 2.05) is 66.7 Å². The predicted octanol–water partition coefficient (Wildman–Crippen LogP) is 4.92. The first-order valence-electron chi connectivity index (χ1n) is 9.10. The minimum atomic E-state index is -0.620. The molecule has 1 unspecified atom stereocenters. The van der Waals surface area contributed by atoms with E-state index in [1.165, 1.54) is 0 Å². The maximum Gasteiger partial charge on any atom is 0.259 e. The molecule has 3 aromatic rings. The van der Waals surface area contributed by atoms with Gasteiger partial charge in [0.25, 0.3) is 5.91 Å². The van der Waals surface area contributed by atoms with Crippen LogP contribution in [0.2, 0.25) is 5.02 Å². The lowest BCUT2D eigenvalue weighted by atomic mass is 10.0. The molecule has 0 saturated heterocycles. The van der Waals surface area contributed by atoms with Crippen molar-refractivity contribution in [3.8, 4) is 0 Å². The topological polar surface area (TPSA) is 40.6 Å². The number of hydrogen-bond donors (Lipinski definition) is 0. The van der Waals surface area contributed by atoms with Crippen molar-refractivity contribution in [2.45, 2.75) is 19.5 Å². The van der Waals surface area contributed by atoms with Crippen molar-refractivity contribution in [3.63, 3.8) is 0 Å². The van der Waals surface area contributed by atoms with E-state index in [1.54, 1.807) is 28.9 Å². The molecule has 0 saturated carbocycles. The van der Waals surface area contributed by atoms with Crippen molar-refractivity contribution < 1.29 is 9.59 Å². The van der Waals surface area contributed by atoms with Gasteiger partial charge in [-0.05, 0) is 42.8 Å². The zero-order valence-corrected chi connectivity index (χ0v) is 16.1. The van der Waals surface area contributed by atoms with Gasteiger partial charge >= 0.3 is 0 Å². The Bertz CT molecular complexity index is 1040. The fourth-order valence-corrected chi connectivity index (χ4v) is 3.72. The third-order valence-electron chi connectivity index (χ3n) is 4.97. The molecule has 0 spiro atoms. The smallest absolute Gasteiger partial charge is 0.259 e. The highest BCUT2D eigenvalue weighted by Gasteiger charge is 2.38. The lowest BCUT2D eigenvalue weighted by Gasteiger charge is -2.40. The van der Waals surface area contributed by atoms with Gasteiger partial charge in [0.15, 0.2) is 0 Å². The standard InChI is InChI=1S/C23H19ClN2O2/c1-16-22(27)25(15-18-11-5-6-12-19(18)24)20-13-7-8-14-21(20)26(16)23(28)17-9-3-2-4-10-17/h2-14,16H,15H2,1H3. The summed E-state index contributed by atoms with van der Waals surface area (Å²) in [5.41, 5.74) is 2.84. The minimum Gasteiger partial charge on any atom is -0.304 e. The van der Waals surface area contributed by atoms with Crippen LogP contribution < -0.4 is 9.80 Å². The summed E-state index contributed by atoms with van der Waals surface area (Å²) < 4.78 is 0. The van der Waals surface area contributed by atoms with E-state index < -0.39 is 6.04 Å². The SMILES string of the molecule is CC1C(=O)N(Cc2ccccc2Cl)c2ccccc2N1C(=O)c1ccccc1. The molecule has 1 aliphatic heterocycles. The molecule has 1 heterocycles. The molecule has 28 heavy (non-hydrogen) atoms. The number of fused-ring (bicyclic) bond motifs is 1. The molecule has 4 rings (SSSR count). The average molecular weight is 391 g/mol. The fraction of sp³-hybridized carbons (Fsp3) is 0.130. The lowest BCUT2D eigenvalue weighted by Crippen LogP contribution is -2.54. The van der Waals surface area contributed by atoms with Crippen molar-refractivity contribution in [2.75, 3.05) is 9.80 Å². The van der Waals surface area contributed by atoms with Gasteiger partial charge in [0.1, 0.15) is 6.04 Å². The molecule has 0 N–H and O–H groups in total. The number of nitrogens with zero attached hydrogens (tertiary/aromatic N) is 2. The summed E-state index contributed by atoms with van der Waals surface area (Å²) in [6.45, 7) is 2.12. The van der Waals surface area contributed by atoms with Gasteiger partial charge < -0.3 is 4.90 Å². The Morgan fingerprint density at radius 1 is 0.893 bits per heavy atom. The Morgan fingerprint density at radius 3 is 2.21 bits per heavy atom. The zero-order valence-electron chi connectivity index (χ0n) is 15.4. The van der Waals surface area contributed by atoms with Gasteiger partial charge in [-0.3, -0.25) is 14.5 Å². The van der Waals surface area contributed by atoms with Crippen LogP contribution in [0.25, 0.3) is 0 Å². The Labute approximate surface area is 169 Å². The van der Waals surface area contributed by atoms with Crippen molar-refractivity contribution in [1.82, 2.24) is 0 Å². The van der Waals surface area contributed by atoms with Crippen LogP contribution >= 0.6 is 11.6 Å². The first-order valence-corrected chi connectivity index (χ1v) is 9.48. The van der Waals surface area contributed by atoms with Crippen molar-refractivity contribution in [1.29, 1.82) is 0 Å². The highest BCUT2D eigenvalue weighted by molar-refractivity contribution is 6.31. The number of rotatable bonds is 3. The Hall–Kier alpha value is -3.11. The Morgan fingerprint density at radius 2 is 1.50 bits per heavy atom. The van der Waals surface area contributed by atoms with E-state index in [-0.39, 0.29) is 11.8 Å². The van der Waals surface area contributed by atoms with E-state index in [2.05, 4.69) is 0 Å². The van der Waals surface area contributed by atoms with Crippen LogP contribution in [0.15, 0.2) is 78.9 Å². The highest BCUT2D eigenvalue weighted by Crippen LogP contribution is 2.38. The van der Waals surface area contributed by atoms with Gasteiger partial charge in [-0.2, -0.15) is 0 Å². The van der Waals surface area contributed by atoms with Crippen LogP contribution in [0.1, 0.15) is 22.8 Å². The van der Waals surface area contributed by atoms with Crippen molar-refractivity contribution >= 4 is 34.8 Å². The molecular formula is C23H19ClN2O2. The summed E-state index contributed by atoms with van der Waals surface area (Å²) in [6, 6.07) is 23.4. The first kappa shape index (κ1) is 18.3. The number of benzene rings is 3. The largest absolute Gasteiger partial charge is 0.304 e.